The molecule has 3 amide bonds. The number of hydrogen-bond acceptors (Lipinski definition) is 5. The zero-order valence-corrected chi connectivity index (χ0v) is 20.8. The van der Waals surface area contributed by atoms with E-state index < -0.39 is 6.04 Å². The normalized spacial score (nSPS) is 17.9. The summed E-state index contributed by atoms with van der Waals surface area (Å²) in [7, 11) is 0. The largest absolute Gasteiger partial charge is 0.489 e. The van der Waals surface area contributed by atoms with Crippen molar-refractivity contribution in [1.82, 2.24) is 15.1 Å². The van der Waals surface area contributed by atoms with Crippen molar-refractivity contribution in [3.63, 3.8) is 0 Å². The van der Waals surface area contributed by atoms with Crippen molar-refractivity contribution in [3.05, 3.63) is 113 Å². The third-order valence-electron chi connectivity index (χ3n) is 6.86. The van der Waals surface area contributed by atoms with Gasteiger partial charge in [0.05, 0.1) is 23.9 Å². The number of ether oxygens (including phenoxy) is 3. The van der Waals surface area contributed by atoms with Crippen LogP contribution in [0.2, 0.25) is 0 Å². The standard InChI is InChI=1S/C30H27N3O5/c1-2-13-33-24-17-32(16-21-11-12-25-26(14-21)38-19-37-25)29(34)27(24)28(31-30(33)35)22-9-6-10-23(15-22)36-18-20-7-4-3-5-8-20/h2-12,14-15,28H,1,13,16-19H2,(H,31,35)/t28-/m1/s1. The summed E-state index contributed by atoms with van der Waals surface area (Å²) in [6, 6.07) is 22.3. The summed E-state index contributed by atoms with van der Waals surface area (Å²) in [6.45, 7) is 5.42. The molecule has 38 heavy (non-hydrogen) atoms. The molecule has 0 radical (unpaired) electrons. The molecule has 0 aliphatic carbocycles. The first kappa shape index (κ1) is 23.7. The van der Waals surface area contributed by atoms with E-state index in [2.05, 4.69) is 11.9 Å². The van der Waals surface area contributed by atoms with Gasteiger partial charge in [-0.3, -0.25) is 9.69 Å². The fraction of sp³-hybridized carbons (Fsp3) is 0.200. The van der Waals surface area contributed by atoms with Gasteiger partial charge in [-0.2, -0.15) is 0 Å². The Morgan fingerprint density at radius 2 is 1.82 bits per heavy atom. The van der Waals surface area contributed by atoms with Crippen molar-refractivity contribution in [2.75, 3.05) is 19.9 Å². The summed E-state index contributed by atoms with van der Waals surface area (Å²) >= 11 is 0. The zero-order valence-electron chi connectivity index (χ0n) is 20.8. The molecule has 0 spiro atoms. The highest BCUT2D eigenvalue weighted by molar-refractivity contribution is 6.01. The monoisotopic (exact) mass is 509 g/mol. The molecule has 3 aliphatic rings. The molecule has 1 atom stereocenters. The lowest BCUT2D eigenvalue weighted by Crippen LogP contribution is -2.47. The average molecular weight is 510 g/mol. The van der Waals surface area contributed by atoms with Gasteiger partial charge in [0.1, 0.15) is 12.4 Å². The summed E-state index contributed by atoms with van der Waals surface area (Å²) < 4.78 is 16.9. The van der Waals surface area contributed by atoms with Gasteiger partial charge in [0, 0.05) is 13.1 Å². The van der Waals surface area contributed by atoms with E-state index in [4.69, 9.17) is 14.2 Å². The zero-order chi connectivity index (χ0) is 26.1. The van der Waals surface area contributed by atoms with E-state index in [1.54, 1.807) is 15.9 Å². The topological polar surface area (TPSA) is 80.3 Å². The SMILES string of the molecule is C=CCN1C(=O)N[C@H](c2cccc(OCc3ccccc3)c2)C2=C1CN(Cc1ccc3c(c1)OCO3)C2=O. The van der Waals surface area contributed by atoms with Crippen molar-refractivity contribution >= 4 is 11.9 Å². The van der Waals surface area contributed by atoms with Crippen LogP contribution in [-0.2, 0) is 17.9 Å². The van der Waals surface area contributed by atoms with Crippen molar-refractivity contribution in [3.8, 4) is 17.2 Å². The quantitative estimate of drug-likeness (QED) is 0.451. The molecule has 0 saturated heterocycles. The second-order valence-corrected chi connectivity index (χ2v) is 9.34. The number of urea groups is 1. The van der Waals surface area contributed by atoms with Crippen LogP contribution in [-0.4, -0.2) is 41.6 Å². The van der Waals surface area contributed by atoms with E-state index in [1.807, 2.05) is 72.8 Å². The second kappa shape index (κ2) is 9.97. The van der Waals surface area contributed by atoms with Gasteiger partial charge in [0.15, 0.2) is 11.5 Å². The summed E-state index contributed by atoms with van der Waals surface area (Å²) in [5.41, 5.74) is 4.02. The van der Waals surface area contributed by atoms with Gasteiger partial charge in [-0.15, -0.1) is 6.58 Å². The third-order valence-corrected chi connectivity index (χ3v) is 6.86. The molecule has 8 heteroatoms. The maximum atomic E-state index is 13.8. The average Bonchev–Trinajstić information content (AvgIpc) is 3.54. The van der Waals surface area contributed by atoms with Crippen molar-refractivity contribution < 1.29 is 23.8 Å². The van der Waals surface area contributed by atoms with E-state index >= 15 is 0 Å². The van der Waals surface area contributed by atoms with Gasteiger partial charge < -0.3 is 24.4 Å². The Labute approximate surface area is 220 Å². The molecule has 8 nitrogen and oxygen atoms in total. The minimum Gasteiger partial charge on any atom is -0.489 e. The highest BCUT2D eigenvalue weighted by Crippen LogP contribution is 2.38. The Kier molecular flexibility index (Phi) is 6.21. The lowest BCUT2D eigenvalue weighted by Gasteiger charge is -2.33. The van der Waals surface area contributed by atoms with Crippen LogP contribution in [0.3, 0.4) is 0 Å². The van der Waals surface area contributed by atoms with Crippen LogP contribution in [0, 0.1) is 0 Å². The minimum absolute atomic E-state index is 0.118. The van der Waals surface area contributed by atoms with Crippen LogP contribution in [0.5, 0.6) is 17.2 Å². The highest BCUT2D eigenvalue weighted by atomic mass is 16.7. The smallest absolute Gasteiger partial charge is 0.322 e. The molecule has 0 bridgehead atoms. The molecule has 192 valence electrons. The molecule has 3 aromatic rings. The Balaban J connectivity index is 1.27. The van der Waals surface area contributed by atoms with Gasteiger partial charge >= 0.3 is 6.03 Å². The number of hydrogen-bond donors (Lipinski definition) is 1. The summed E-state index contributed by atoms with van der Waals surface area (Å²) in [4.78, 5) is 30.3. The summed E-state index contributed by atoms with van der Waals surface area (Å²) in [5, 5.41) is 3.03. The number of benzene rings is 3. The predicted molar refractivity (Wildman–Crippen MR) is 140 cm³/mol. The Morgan fingerprint density at radius 3 is 2.66 bits per heavy atom. The van der Waals surface area contributed by atoms with Crippen molar-refractivity contribution in [2.45, 2.75) is 19.2 Å². The Morgan fingerprint density at radius 1 is 0.974 bits per heavy atom. The predicted octanol–water partition coefficient (Wildman–Crippen LogP) is 4.54. The number of fused-ring (bicyclic) bond motifs is 1. The lowest BCUT2D eigenvalue weighted by atomic mass is 9.95. The molecule has 3 heterocycles. The van der Waals surface area contributed by atoms with E-state index in [1.165, 1.54) is 0 Å². The number of amides is 3. The van der Waals surface area contributed by atoms with Crippen LogP contribution >= 0.6 is 0 Å². The lowest BCUT2D eigenvalue weighted by molar-refractivity contribution is -0.126. The molecule has 0 aromatic heterocycles. The minimum atomic E-state index is -0.590. The molecule has 0 saturated carbocycles. The fourth-order valence-corrected chi connectivity index (χ4v) is 5.03. The first-order valence-corrected chi connectivity index (χ1v) is 12.5. The van der Waals surface area contributed by atoms with Crippen LogP contribution in [0.4, 0.5) is 4.79 Å². The van der Waals surface area contributed by atoms with Crippen molar-refractivity contribution in [1.29, 1.82) is 0 Å². The number of carbonyl (C=O) groups excluding carboxylic acids is 2. The number of carbonyl (C=O) groups is 2. The van der Waals surface area contributed by atoms with E-state index in [-0.39, 0.29) is 18.7 Å². The fourth-order valence-electron chi connectivity index (χ4n) is 5.03. The molecule has 6 rings (SSSR count). The van der Waals surface area contributed by atoms with Crippen molar-refractivity contribution in [2.24, 2.45) is 0 Å². The maximum absolute atomic E-state index is 13.8. The van der Waals surface area contributed by atoms with E-state index in [0.717, 1.165) is 16.7 Å². The van der Waals surface area contributed by atoms with Gasteiger partial charge in [-0.1, -0.05) is 54.6 Å². The third kappa shape index (κ3) is 4.45. The number of nitrogens with one attached hydrogen (secondary N) is 1. The maximum Gasteiger partial charge on any atom is 0.322 e. The van der Waals surface area contributed by atoms with Gasteiger partial charge in [-0.05, 0) is 41.0 Å². The van der Waals surface area contributed by atoms with Crippen LogP contribution in [0.25, 0.3) is 0 Å². The Bertz CT molecular complexity index is 1430. The van der Waals surface area contributed by atoms with Crippen LogP contribution in [0.15, 0.2) is 96.7 Å². The number of rotatable bonds is 8. The van der Waals surface area contributed by atoms with Crippen LogP contribution in [0.1, 0.15) is 22.7 Å². The van der Waals surface area contributed by atoms with Gasteiger partial charge in [0.2, 0.25) is 6.79 Å². The molecule has 1 N–H and O–H groups in total. The summed E-state index contributed by atoms with van der Waals surface area (Å²) in [6.07, 6.45) is 1.66. The molecular weight excluding hydrogens is 482 g/mol. The second-order valence-electron chi connectivity index (χ2n) is 9.34. The number of nitrogens with zero attached hydrogens (tertiary/aromatic N) is 2. The highest BCUT2D eigenvalue weighted by Gasteiger charge is 2.43. The Hall–Kier alpha value is -4.72. The molecular formula is C30H27N3O5. The van der Waals surface area contributed by atoms with Gasteiger partial charge in [-0.25, -0.2) is 4.79 Å². The molecule has 3 aromatic carbocycles. The van der Waals surface area contributed by atoms with E-state index in [0.29, 0.717) is 54.8 Å². The van der Waals surface area contributed by atoms with E-state index in [9.17, 15) is 9.59 Å². The van der Waals surface area contributed by atoms with Gasteiger partial charge in [0.25, 0.3) is 5.91 Å². The molecule has 3 aliphatic heterocycles. The molecule has 0 unspecified atom stereocenters. The first-order chi connectivity index (χ1) is 18.6. The van der Waals surface area contributed by atoms with Crippen LogP contribution < -0.4 is 19.5 Å². The molecule has 0 fully saturated rings. The summed E-state index contributed by atoms with van der Waals surface area (Å²) in [5.74, 6) is 1.91. The first-order valence-electron chi connectivity index (χ1n) is 12.5.